The first-order chi connectivity index (χ1) is 6.36. The smallest absolute Gasteiger partial charge is 0.0509 e. The van der Waals surface area contributed by atoms with E-state index in [1.807, 2.05) is 0 Å². The fraction of sp³-hybridized carbons (Fsp3) is 1.00. The molecular formula is C10H20N2O. The highest BCUT2D eigenvalue weighted by Gasteiger charge is 2.25. The van der Waals surface area contributed by atoms with E-state index in [1.54, 1.807) is 0 Å². The maximum Gasteiger partial charge on any atom is 0.0509 e. The van der Waals surface area contributed by atoms with Crippen molar-refractivity contribution in [1.29, 1.82) is 0 Å². The molecule has 2 N–H and O–H groups in total. The number of ether oxygens (including phenoxy) is 1. The summed E-state index contributed by atoms with van der Waals surface area (Å²) in [6.45, 7) is 6.51. The molecule has 0 amide bonds. The zero-order chi connectivity index (χ0) is 9.10. The van der Waals surface area contributed by atoms with Crippen molar-refractivity contribution >= 4 is 0 Å². The van der Waals surface area contributed by atoms with Gasteiger partial charge in [-0.15, -0.1) is 0 Å². The van der Waals surface area contributed by atoms with E-state index in [9.17, 15) is 0 Å². The zero-order valence-electron chi connectivity index (χ0n) is 8.38. The Morgan fingerprint density at radius 1 is 1.46 bits per heavy atom. The molecule has 0 aromatic rings. The maximum absolute atomic E-state index is 5.39. The first-order valence-corrected chi connectivity index (χ1v) is 5.41. The average Bonchev–Trinajstić information content (AvgIpc) is 2.74. The van der Waals surface area contributed by atoms with Crippen LogP contribution in [0, 0.1) is 5.92 Å². The second-order valence-electron chi connectivity index (χ2n) is 4.27. The van der Waals surface area contributed by atoms with Crippen LogP contribution in [-0.2, 0) is 4.74 Å². The van der Waals surface area contributed by atoms with Crippen molar-refractivity contribution in [2.75, 3.05) is 26.3 Å². The van der Waals surface area contributed by atoms with Gasteiger partial charge in [0.1, 0.15) is 0 Å². The van der Waals surface area contributed by atoms with Crippen LogP contribution in [0.25, 0.3) is 0 Å². The van der Waals surface area contributed by atoms with Crippen molar-refractivity contribution in [2.24, 2.45) is 5.92 Å². The van der Waals surface area contributed by atoms with Crippen LogP contribution in [0.15, 0.2) is 0 Å². The number of hydrogen-bond donors (Lipinski definition) is 2. The molecule has 3 atom stereocenters. The molecule has 76 valence electrons. The minimum Gasteiger partial charge on any atom is -0.381 e. The van der Waals surface area contributed by atoms with Gasteiger partial charge in [-0.3, -0.25) is 0 Å². The number of rotatable bonds is 3. The zero-order valence-corrected chi connectivity index (χ0v) is 8.38. The summed E-state index contributed by atoms with van der Waals surface area (Å²) < 4.78 is 5.39. The summed E-state index contributed by atoms with van der Waals surface area (Å²) in [5.41, 5.74) is 0. The summed E-state index contributed by atoms with van der Waals surface area (Å²) in [6, 6.07) is 1.31. The normalized spacial score (nSPS) is 36.7. The van der Waals surface area contributed by atoms with Gasteiger partial charge < -0.3 is 15.4 Å². The summed E-state index contributed by atoms with van der Waals surface area (Å²) in [7, 11) is 0. The van der Waals surface area contributed by atoms with Crippen molar-refractivity contribution in [3.8, 4) is 0 Å². The molecule has 0 aliphatic carbocycles. The van der Waals surface area contributed by atoms with E-state index >= 15 is 0 Å². The molecule has 0 radical (unpaired) electrons. The molecule has 0 spiro atoms. The van der Waals surface area contributed by atoms with Gasteiger partial charge in [0.15, 0.2) is 0 Å². The average molecular weight is 184 g/mol. The molecule has 3 nitrogen and oxygen atoms in total. The molecule has 2 saturated heterocycles. The Balaban J connectivity index is 1.73. The Morgan fingerprint density at radius 3 is 3.00 bits per heavy atom. The van der Waals surface area contributed by atoms with Gasteiger partial charge in [0.2, 0.25) is 0 Å². The molecule has 2 heterocycles. The van der Waals surface area contributed by atoms with Crippen LogP contribution in [0.2, 0.25) is 0 Å². The topological polar surface area (TPSA) is 33.3 Å². The summed E-state index contributed by atoms with van der Waals surface area (Å²) >= 11 is 0. The Bertz CT molecular complexity index is 151. The molecule has 0 aromatic heterocycles. The molecule has 2 fully saturated rings. The second-order valence-corrected chi connectivity index (χ2v) is 4.27. The predicted molar refractivity (Wildman–Crippen MR) is 52.8 cm³/mol. The summed E-state index contributed by atoms with van der Waals surface area (Å²) in [5, 5.41) is 7.05. The summed E-state index contributed by atoms with van der Waals surface area (Å²) in [4.78, 5) is 0. The van der Waals surface area contributed by atoms with Crippen LogP contribution in [0.1, 0.15) is 19.8 Å². The Hall–Kier alpha value is -0.120. The minimum atomic E-state index is 0.618. The molecule has 2 aliphatic heterocycles. The molecule has 13 heavy (non-hydrogen) atoms. The molecule has 2 aliphatic rings. The van der Waals surface area contributed by atoms with E-state index in [0.717, 1.165) is 25.7 Å². The second kappa shape index (κ2) is 4.40. The molecule has 2 rings (SSSR count). The fourth-order valence-electron chi connectivity index (χ4n) is 2.25. The van der Waals surface area contributed by atoms with Crippen molar-refractivity contribution in [3.05, 3.63) is 0 Å². The third-order valence-corrected chi connectivity index (χ3v) is 3.23. The van der Waals surface area contributed by atoms with E-state index < -0.39 is 0 Å². The van der Waals surface area contributed by atoms with Crippen molar-refractivity contribution in [3.63, 3.8) is 0 Å². The van der Waals surface area contributed by atoms with Gasteiger partial charge in [-0.05, 0) is 32.2 Å². The Morgan fingerprint density at radius 2 is 2.38 bits per heavy atom. The van der Waals surface area contributed by atoms with Crippen LogP contribution < -0.4 is 10.6 Å². The lowest BCUT2D eigenvalue weighted by Crippen LogP contribution is -2.42. The van der Waals surface area contributed by atoms with E-state index in [1.165, 1.54) is 19.4 Å². The SMILES string of the molecule is CC(NC1CCNC1)C1CCOC1. The van der Waals surface area contributed by atoms with Gasteiger partial charge in [-0.25, -0.2) is 0 Å². The van der Waals surface area contributed by atoms with Crippen LogP contribution in [0.3, 0.4) is 0 Å². The lowest BCUT2D eigenvalue weighted by molar-refractivity contribution is 0.177. The highest BCUT2D eigenvalue weighted by molar-refractivity contribution is 4.83. The van der Waals surface area contributed by atoms with E-state index in [4.69, 9.17) is 4.74 Å². The predicted octanol–water partition coefficient (Wildman–Crippen LogP) is 0.363. The van der Waals surface area contributed by atoms with Crippen LogP contribution in [-0.4, -0.2) is 38.4 Å². The lowest BCUT2D eigenvalue weighted by Gasteiger charge is -2.23. The Labute approximate surface area is 80.2 Å². The molecule has 0 saturated carbocycles. The maximum atomic E-state index is 5.39. The molecule has 3 heteroatoms. The standard InChI is InChI=1S/C10H20N2O/c1-8(9-3-5-13-7-9)12-10-2-4-11-6-10/h8-12H,2-7H2,1H3. The quantitative estimate of drug-likeness (QED) is 0.664. The van der Waals surface area contributed by atoms with Gasteiger partial charge >= 0.3 is 0 Å². The number of nitrogens with one attached hydrogen (secondary N) is 2. The monoisotopic (exact) mass is 184 g/mol. The lowest BCUT2D eigenvalue weighted by atomic mass is 10.00. The van der Waals surface area contributed by atoms with Gasteiger partial charge in [-0.1, -0.05) is 0 Å². The number of hydrogen-bond acceptors (Lipinski definition) is 3. The fourth-order valence-corrected chi connectivity index (χ4v) is 2.25. The summed E-state index contributed by atoms with van der Waals surface area (Å²) in [5.74, 6) is 0.737. The van der Waals surface area contributed by atoms with Crippen LogP contribution in [0.4, 0.5) is 0 Å². The van der Waals surface area contributed by atoms with E-state index in [0.29, 0.717) is 12.1 Å². The van der Waals surface area contributed by atoms with Gasteiger partial charge in [-0.2, -0.15) is 0 Å². The van der Waals surface area contributed by atoms with Gasteiger partial charge in [0.25, 0.3) is 0 Å². The van der Waals surface area contributed by atoms with Crippen molar-refractivity contribution in [1.82, 2.24) is 10.6 Å². The van der Waals surface area contributed by atoms with Gasteiger partial charge in [0, 0.05) is 25.2 Å². The third-order valence-electron chi connectivity index (χ3n) is 3.23. The molecule has 3 unspecified atom stereocenters. The van der Waals surface area contributed by atoms with Crippen LogP contribution in [0.5, 0.6) is 0 Å². The van der Waals surface area contributed by atoms with E-state index in [2.05, 4.69) is 17.6 Å². The van der Waals surface area contributed by atoms with Crippen molar-refractivity contribution in [2.45, 2.75) is 31.8 Å². The molecule has 0 bridgehead atoms. The van der Waals surface area contributed by atoms with Crippen LogP contribution >= 0.6 is 0 Å². The van der Waals surface area contributed by atoms with Gasteiger partial charge in [0.05, 0.1) is 6.61 Å². The molecular weight excluding hydrogens is 164 g/mol. The first kappa shape index (κ1) is 9.44. The minimum absolute atomic E-state index is 0.618. The Kier molecular flexibility index (Phi) is 3.19. The van der Waals surface area contributed by atoms with E-state index in [-0.39, 0.29) is 0 Å². The van der Waals surface area contributed by atoms with Crippen molar-refractivity contribution < 1.29 is 4.74 Å². The highest BCUT2D eigenvalue weighted by atomic mass is 16.5. The largest absolute Gasteiger partial charge is 0.381 e. The highest BCUT2D eigenvalue weighted by Crippen LogP contribution is 2.17. The summed E-state index contributed by atoms with van der Waals surface area (Å²) in [6.07, 6.45) is 2.51. The molecule has 0 aromatic carbocycles. The third kappa shape index (κ3) is 2.42. The first-order valence-electron chi connectivity index (χ1n) is 5.41.